The lowest BCUT2D eigenvalue weighted by molar-refractivity contribution is 0.0602. The summed E-state index contributed by atoms with van der Waals surface area (Å²) in [6.45, 7) is 4.19. The average molecular weight is 291 g/mol. The standard InChI is InChI=1S/C14H17N3O2S/c1-8(2)12-7-20-14(17-12)16-9-4-5-11(15)10(6-9)13(18)19-3/h4-8H,15H2,1-3H3,(H,16,17). The minimum Gasteiger partial charge on any atom is -0.465 e. The van der Waals surface area contributed by atoms with Crippen LogP contribution in [0.4, 0.5) is 16.5 Å². The van der Waals surface area contributed by atoms with E-state index in [-0.39, 0.29) is 0 Å². The number of aromatic nitrogens is 1. The van der Waals surface area contributed by atoms with Gasteiger partial charge in [0.25, 0.3) is 0 Å². The van der Waals surface area contributed by atoms with E-state index in [4.69, 9.17) is 10.5 Å². The number of ether oxygens (including phenoxy) is 1. The third-order valence-electron chi connectivity index (χ3n) is 2.82. The monoisotopic (exact) mass is 291 g/mol. The highest BCUT2D eigenvalue weighted by Crippen LogP contribution is 2.26. The number of anilines is 3. The van der Waals surface area contributed by atoms with E-state index < -0.39 is 5.97 Å². The SMILES string of the molecule is COC(=O)c1cc(Nc2nc(C(C)C)cs2)ccc1N. The molecule has 0 atom stereocenters. The van der Waals surface area contributed by atoms with E-state index in [1.165, 1.54) is 18.4 Å². The van der Waals surface area contributed by atoms with Crippen molar-refractivity contribution in [3.8, 4) is 0 Å². The van der Waals surface area contributed by atoms with E-state index in [1.807, 2.05) is 5.38 Å². The molecule has 0 unspecified atom stereocenters. The van der Waals surface area contributed by atoms with Gasteiger partial charge < -0.3 is 15.8 Å². The highest BCUT2D eigenvalue weighted by molar-refractivity contribution is 7.13. The summed E-state index contributed by atoms with van der Waals surface area (Å²) in [6, 6.07) is 5.14. The molecule has 0 aliphatic carbocycles. The molecule has 3 N–H and O–H groups in total. The Labute approximate surface area is 121 Å². The predicted octanol–water partition coefficient (Wildman–Crippen LogP) is 3.38. The highest BCUT2D eigenvalue weighted by atomic mass is 32.1. The molecule has 5 nitrogen and oxygen atoms in total. The number of benzene rings is 1. The molecule has 2 rings (SSSR count). The summed E-state index contributed by atoms with van der Waals surface area (Å²) in [6.07, 6.45) is 0. The quantitative estimate of drug-likeness (QED) is 0.667. The van der Waals surface area contributed by atoms with E-state index in [2.05, 4.69) is 24.1 Å². The molecule has 0 aliphatic heterocycles. The van der Waals surface area contributed by atoms with Gasteiger partial charge in [-0.1, -0.05) is 13.8 Å². The summed E-state index contributed by atoms with van der Waals surface area (Å²) < 4.78 is 4.70. The van der Waals surface area contributed by atoms with Gasteiger partial charge in [-0.05, 0) is 24.1 Å². The Morgan fingerprint density at radius 3 is 2.80 bits per heavy atom. The Balaban J connectivity index is 2.22. The lowest BCUT2D eigenvalue weighted by Crippen LogP contribution is -2.06. The third-order valence-corrected chi connectivity index (χ3v) is 3.60. The molecule has 6 heteroatoms. The minimum absolute atomic E-state index is 0.345. The molecule has 0 amide bonds. The molecule has 1 aromatic carbocycles. The lowest BCUT2D eigenvalue weighted by Gasteiger charge is -2.07. The van der Waals surface area contributed by atoms with Crippen molar-refractivity contribution in [2.45, 2.75) is 19.8 Å². The van der Waals surface area contributed by atoms with E-state index in [0.717, 1.165) is 16.5 Å². The lowest BCUT2D eigenvalue weighted by atomic mass is 10.1. The van der Waals surface area contributed by atoms with Crippen LogP contribution in [0.2, 0.25) is 0 Å². The molecule has 20 heavy (non-hydrogen) atoms. The second kappa shape index (κ2) is 5.92. The van der Waals surface area contributed by atoms with Gasteiger partial charge in [0.2, 0.25) is 0 Å². The summed E-state index contributed by atoms with van der Waals surface area (Å²) in [4.78, 5) is 16.1. The Morgan fingerprint density at radius 2 is 2.20 bits per heavy atom. The van der Waals surface area contributed by atoms with Gasteiger partial charge in [-0.15, -0.1) is 11.3 Å². The summed E-state index contributed by atoms with van der Waals surface area (Å²) in [5.41, 5.74) is 8.30. The van der Waals surface area contributed by atoms with Crippen molar-refractivity contribution in [2.24, 2.45) is 0 Å². The zero-order valence-corrected chi connectivity index (χ0v) is 12.5. The van der Waals surface area contributed by atoms with Crippen molar-refractivity contribution < 1.29 is 9.53 Å². The van der Waals surface area contributed by atoms with E-state index in [1.54, 1.807) is 18.2 Å². The molecular formula is C14H17N3O2S. The first-order valence-corrected chi connectivity index (χ1v) is 7.09. The summed E-state index contributed by atoms with van der Waals surface area (Å²) in [7, 11) is 1.33. The molecule has 1 heterocycles. The number of nitrogens with zero attached hydrogens (tertiary/aromatic N) is 1. The number of nitrogens with one attached hydrogen (secondary N) is 1. The number of nitrogens with two attached hydrogens (primary N) is 1. The number of esters is 1. The normalized spacial score (nSPS) is 10.6. The smallest absolute Gasteiger partial charge is 0.340 e. The number of methoxy groups -OCH3 is 1. The van der Waals surface area contributed by atoms with Crippen molar-refractivity contribution in [1.82, 2.24) is 4.98 Å². The van der Waals surface area contributed by atoms with Gasteiger partial charge in [0.1, 0.15) is 0 Å². The number of carbonyl (C=O) groups excluding carboxylic acids is 1. The first kappa shape index (κ1) is 14.3. The number of nitrogen functional groups attached to an aromatic ring is 1. The second-order valence-electron chi connectivity index (χ2n) is 4.65. The van der Waals surface area contributed by atoms with E-state index >= 15 is 0 Å². The maximum Gasteiger partial charge on any atom is 0.340 e. The number of carbonyl (C=O) groups is 1. The van der Waals surface area contributed by atoms with Crippen molar-refractivity contribution in [3.63, 3.8) is 0 Å². The molecule has 0 bridgehead atoms. The fourth-order valence-corrected chi connectivity index (χ4v) is 2.55. The van der Waals surface area contributed by atoms with Crippen LogP contribution in [0.1, 0.15) is 35.8 Å². The highest BCUT2D eigenvalue weighted by Gasteiger charge is 2.12. The van der Waals surface area contributed by atoms with Gasteiger partial charge in [-0.25, -0.2) is 9.78 Å². The predicted molar refractivity (Wildman–Crippen MR) is 81.7 cm³/mol. The van der Waals surface area contributed by atoms with E-state index in [9.17, 15) is 4.79 Å². The number of thiazole rings is 1. The topological polar surface area (TPSA) is 77.2 Å². The Kier molecular flexibility index (Phi) is 4.24. The fraction of sp³-hybridized carbons (Fsp3) is 0.286. The van der Waals surface area contributed by atoms with Gasteiger partial charge in [-0.3, -0.25) is 0 Å². The second-order valence-corrected chi connectivity index (χ2v) is 5.51. The Bertz CT molecular complexity index is 623. The first-order valence-electron chi connectivity index (χ1n) is 6.21. The Morgan fingerprint density at radius 1 is 1.45 bits per heavy atom. The molecule has 0 saturated carbocycles. The maximum absolute atomic E-state index is 11.6. The zero-order valence-electron chi connectivity index (χ0n) is 11.6. The van der Waals surface area contributed by atoms with Gasteiger partial charge in [0, 0.05) is 16.8 Å². The van der Waals surface area contributed by atoms with Crippen LogP contribution in [0.3, 0.4) is 0 Å². The molecule has 106 valence electrons. The average Bonchev–Trinajstić information content (AvgIpc) is 2.89. The molecule has 0 radical (unpaired) electrons. The van der Waals surface area contributed by atoms with Crippen molar-refractivity contribution >= 4 is 33.8 Å². The summed E-state index contributed by atoms with van der Waals surface area (Å²) >= 11 is 1.53. The summed E-state index contributed by atoms with van der Waals surface area (Å²) in [5.74, 6) is -0.0630. The van der Waals surface area contributed by atoms with E-state index in [0.29, 0.717) is 17.2 Å². The number of hydrogen-bond acceptors (Lipinski definition) is 6. The first-order chi connectivity index (χ1) is 9.51. The van der Waals surface area contributed by atoms with Crippen LogP contribution in [0.25, 0.3) is 0 Å². The van der Waals surface area contributed by atoms with Crippen LogP contribution in [0.15, 0.2) is 23.6 Å². The largest absolute Gasteiger partial charge is 0.465 e. The van der Waals surface area contributed by atoms with Crippen molar-refractivity contribution in [2.75, 3.05) is 18.2 Å². The van der Waals surface area contributed by atoms with Crippen molar-refractivity contribution in [3.05, 3.63) is 34.8 Å². The van der Waals surface area contributed by atoms with Gasteiger partial charge >= 0.3 is 5.97 Å². The molecular weight excluding hydrogens is 274 g/mol. The van der Waals surface area contributed by atoms with Gasteiger partial charge in [0.05, 0.1) is 18.4 Å². The molecule has 0 spiro atoms. The third kappa shape index (κ3) is 3.08. The summed E-state index contributed by atoms with van der Waals surface area (Å²) in [5, 5.41) is 5.98. The van der Waals surface area contributed by atoms with Gasteiger partial charge in [-0.2, -0.15) is 0 Å². The Hall–Kier alpha value is -2.08. The number of hydrogen-bond donors (Lipinski definition) is 2. The molecule has 0 fully saturated rings. The zero-order chi connectivity index (χ0) is 14.7. The fourth-order valence-electron chi connectivity index (χ4n) is 1.65. The van der Waals surface area contributed by atoms with Crippen LogP contribution in [-0.4, -0.2) is 18.1 Å². The van der Waals surface area contributed by atoms with Crippen LogP contribution in [0, 0.1) is 0 Å². The van der Waals surface area contributed by atoms with Crippen LogP contribution in [-0.2, 0) is 4.74 Å². The van der Waals surface area contributed by atoms with Crippen LogP contribution in [0.5, 0.6) is 0 Å². The molecule has 0 saturated heterocycles. The molecule has 2 aromatic rings. The number of rotatable bonds is 4. The van der Waals surface area contributed by atoms with Gasteiger partial charge in [0.15, 0.2) is 5.13 Å². The maximum atomic E-state index is 11.6. The molecule has 0 aliphatic rings. The van der Waals surface area contributed by atoms with Crippen LogP contribution < -0.4 is 11.1 Å². The van der Waals surface area contributed by atoms with Crippen molar-refractivity contribution in [1.29, 1.82) is 0 Å². The minimum atomic E-state index is -0.451. The van der Waals surface area contributed by atoms with Crippen LogP contribution >= 0.6 is 11.3 Å². The molecule has 1 aromatic heterocycles.